The van der Waals surface area contributed by atoms with Gasteiger partial charge in [0.15, 0.2) is 0 Å². The lowest BCUT2D eigenvalue weighted by atomic mass is 10.2. The number of nitrogens with zero attached hydrogens (tertiary/aromatic N) is 3. The van der Waals surface area contributed by atoms with Crippen LogP contribution in [0.1, 0.15) is 11.1 Å². The molecular formula is C14H14IN3. The van der Waals surface area contributed by atoms with E-state index in [4.69, 9.17) is 0 Å². The Morgan fingerprint density at radius 2 is 2.33 bits per heavy atom. The van der Waals surface area contributed by atoms with Crippen LogP contribution in [0, 0.1) is 3.57 Å². The van der Waals surface area contributed by atoms with E-state index in [1.54, 1.807) is 4.68 Å². The van der Waals surface area contributed by atoms with Gasteiger partial charge in [-0.25, -0.2) is 0 Å². The highest BCUT2D eigenvalue weighted by Gasteiger charge is 1.98. The molecular weight excluding hydrogens is 337 g/mol. The van der Waals surface area contributed by atoms with Crippen molar-refractivity contribution < 1.29 is 0 Å². The predicted octanol–water partition coefficient (Wildman–Crippen LogP) is 3.61. The fourth-order valence-electron chi connectivity index (χ4n) is 1.63. The maximum Gasteiger partial charge on any atom is 0.0698 e. The average Bonchev–Trinajstić information content (AvgIpc) is 2.77. The van der Waals surface area contributed by atoms with Crippen LogP contribution in [0.2, 0.25) is 0 Å². The van der Waals surface area contributed by atoms with Crippen molar-refractivity contribution in [2.45, 2.75) is 6.42 Å². The smallest absolute Gasteiger partial charge is 0.0698 e. The summed E-state index contributed by atoms with van der Waals surface area (Å²) < 4.78 is 2.98. The Hall–Kier alpha value is -1.43. The van der Waals surface area contributed by atoms with Gasteiger partial charge in [0.25, 0.3) is 0 Å². The molecule has 3 nitrogen and oxygen atoms in total. The fourth-order valence-corrected chi connectivity index (χ4v) is 2.15. The largest absolute Gasteiger partial charge is 0.276 e. The quantitative estimate of drug-likeness (QED) is 0.611. The SMILES string of the molecule is C=Cc1cc(I)ccc1N=CCc1cnn(C)c1. The van der Waals surface area contributed by atoms with E-state index in [2.05, 4.69) is 45.3 Å². The molecule has 1 heterocycles. The van der Waals surface area contributed by atoms with E-state index >= 15 is 0 Å². The zero-order chi connectivity index (χ0) is 13.0. The van der Waals surface area contributed by atoms with Crippen LogP contribution < -0.4 is 0 Å². The van der Waals surface area contributed by atoms with E-state index in [0.717, 1.165) is 23.2 Å². The van der Waals surface area contributed by atoms with Gasteiger partial charge in [-0.05, 0) is 46.4 Å². The molecule has 0 aliphatic carbocycles. The fraction of sp³-hybridized carbons (Fsp3) is 0.143. The van der Waals surface area contributed by atoms with Gasteiger partial charge in [-0.1, -0.05) is 12.7 Å². The lowest BCUT2D eigenvalue weighted by Gasteiger charge is -2.00. The first kappa shape index (κ1) is 13.0. The maximum atomic E-state index is 4.49. The van der Waals surface area contributed by atoms with Crippen molar-refractivity contribution in [1.29, 1.82) is 0 Å². The number of benzene rings is 1. The number of hydrogen-bond donors (Lipinski definition) is 0. The van der Waals surface area contributed by atoms with Crippen molar-refractivity contribution in [3.8, 4) is 0 Å². The molecule has 2 aromatic rings. The van der Waals surface area contributed by atoms with Crippen LogP contribution in [0.5, 0.6) is 0 Å². The first-order valence-electron chi connectivity index (χ1n) is 5.61. The molecule has 0 bridgehead atoms. The number of aliphatic imine (C=N–C) groups is 1. The van der Waals surface area contributed by atoms with Crippen LogP contribution >= 0.6 is 22.6 Å². The maximum absolute atomic E-state index is 4.49. The summed E-state index contributed by atoms with van der Waals surface area (Å²) in [6.07, 6.45) is 8.38. The molecule has 0 amide bonds. The summed E-state index contributed by atoms with van der Waals surface area (Å²) in [7, 11) is 1.91. The molecule has 0 saturated heterocycles. The molecule has 1 aromatic heterocycles. The Bertz CT molecular complexity index is 584. The van der Waals surface area contributed by atoms with Crippen molar-refractivity contribution in [2.24, 2.45) is 12.0 Å². The second-order valence-corrected chi connectivity index (χ2v) is 5.19. The van der Waals surface area contributed by atoms with E-state index in [1.807, 2.05) is 43.9 Å². The Labute approximate surface area is 120 Å². The second-order valence-electron chi connectivity index (χ2n) is 3.95. The number of aromatic nitrogens is 2. The molecule has 0 fully saturated rings. The Morgan fingerprint density at radius 3 is 3.00 bits per heavy atom. The van der Waals surface area contributed by atoms with Crippen molar-refractivity contribution in [3.63, 3.8) is 0 Å². The van der Waals surface area contributed by atoms with Gasteiger partial charge >= 0.3 is 0 Å². The van der Waals surface area contributed by atoms with E-state index in [1.165, 1.54) is 3.57 Å². The van der Waals surface area contributed by atoms with E-state index in [9.17, 15) is 0 Å². The first-order valence-corrected chi connectivity index (χ1v) is 6.69. The van der Waals surface area contributed by atoms with Crippen molar-refractivity contribution in [2.75, 3.05) is 0 Å². The summed E-state index contributed by atoms with van der Waals surface area (Å²) in [4.78, 5) is 4.49. The Morgan fingerprint density at radius 1 is 1.50 bits per heavy atom. The third-order valence-corrected chi connectivity index (χ3v) is 3.20. The molecule has 4 heteroatoms. The molecule has 2 rings (SSSR count). The molecule has 0 atom stereocenters. The summed E-state index contributed by atoms with van der Waals surface area (Å²) in [5.74, 6) is 0. The predicted molar refractivity (Wildman–Crippen MR) is 84.3 cm³/mol. The summed E-state index contributed by atoms with van der Waals surface area (Å²) >= 11 is 2.28. The molecule has 0 spiro atoms. The molecule has 0 unspecified atom stereocenters. The van der Waals surface area contributed by atoms with Crippen molar-refractivity contribution >= 4 is 40.6 Å². The number of aryl methyl sites for hydroxylation is 1. The van der Waals surface area contributed by atoms with E-state index in [0.29, 0.717) is 0 Å². The minimum absolute atomic E-state index is 0.788. The third kappa shape index (κ3) is 3.29. The average molecular weight is 351 g/mol. The van der Waals surface area contributed by atoms with Gasteiger partial charge in [-0.2, -0.15) is 5.10 Å². The second kappa shape index (κ2) is 5.95. The lowest BCUT2D eigenvalue weighted by molar-refractivity contribution is 0.767. The van der Waals surface area contributed by atoms with Gasteiger partial charge in [-0.15, -0.1) is 0 Å². The normalized spacial score (nSPS) is 11.0. The standard InChI is InChI=1S/C14H14IN3/c1-3-12-8-13(15)4-5-14(12)16-7-6-11-9-17-18(2)10-11/h3-5,7-10H,1,6H2,2H3. The highest BCUT2D eigenvalue weighted by atomic mass is 127. The molecule has 0 saturated carbocycles. The first-order chi connectivity index (χ1) is 8.69. The van der Waals surface area contributed by atoms with Crippen LogP contribution in [-0.4, -0.2) is 16.0 Å². The highest BCUT2D eigenvalue weighted by molar-refractivity contribution is 14.1. The van der Waals surface area contributed by atoms with Gasteiger partial charge in [0.05, 0.1) is 11.9 Å². The van der Waals surface area contributed by atoms with Crippen LogP contribution in [0.15, 0.2) is 42.2 Å². The van der Waals surface area contributed by atoms with Crippen LogP contribution in [-0.2, 0) is 13.5 Å². The third-order valence-electron chi connectivity index (χ3n) is 2.53. The van der Waals surface area contributed by atoms with Crippen LogP contribution in [0.3, 0.4) is 0 Å². The lowest BCUT2D eigenvalue weighted by Crippen LogP contribution is -1.86. The molecule has 0 aliphatic heterocycles. The minimum Gasteiger partial charge on any atom is -0.276 e. The van der Waals surface area contributed by atoms with Crippen LogP contribution in [0.25, 0.3) is 6.08 Å². The summed E-state index contributed by atoms with van der Waals surface area (Å²) in [5.41, 5.74) is 3.17. The number of halogens is 1. The molecule has 0 aliphatic rings. The summed E-state index contributed by atoms with van der Waals surface area (Å²) in [6.45, 7) is 3.81. The molecule has 1 aromatic carbocycles. The van der Waals surface area contributed by atoms with Gasteiger partial charge in [-0.3, -0.25) is 9.67 Å². The van der Waals surface area contributed by atoms with Gasteiger partial charge < -0.3 is 0 Å². The van der Waals surface area contributed by atoms with Crippen molar-refractivity contribution in [1.82, 2.24) is 9.78 Å². The van der Waals surface area contributed by atoms with Crippen LogP contribution in [0.4, 0.5) is 5.69 Å². The number of rotatable bonds is 4. The van der Waals surface area contributed by atoms with E-state index < -0.39 is 0 Å². The Balaban J connectivity index is 2.11. The monoisotopic (exact) mass is 351 g/mol. The molecule has 18 heavy (non-hydrogen) atoms. The molecule has 0 N–H and O–H groups in total. The van der Waals surface area contributed by atoms with E-state index in [-0.39, 0.29) is 0 Å². The van der Waals surface area contributed by atoms with Gasteiger partial charge in [0.2, 0.25) is 0 Å². The minimum atomic E-state index is 0.788. The molecule has 92 valence electrons. The number of hydrogen-bond acceptors (Lipinski definition) is 2. The van der Waals surface area contributed by atoms with Crippen molar-refractivity contribution in [3.05, 3.63) is 51.9 Å². The van der Waals surface area contributed by atoms with Gasteiger partial charge in [0, 0.05) is 35.0 Å². The zero-order valence-electron chi connectivity index (χ0n) is 10.2. The highest BCUT2D eigenvalue weighted by Crippen LogP contribution is 2.22. The molecule has 0 radical (unpaired) electrons. The Kier molecular flexibility index (Phi) is 4.30. The zero-order valence-corrected chi connectivity index (χ0v) is 12.3. The topological polar surface area (TPSA) is 30.2 Å². The summed E-state index contributed by atoms with van der Waals surface area (Å²) in [5, 5.41) is 4.13. The summed E-state index contributed by atoms with van der Waals surface area (Å²) in [6, 6.07) is 6.13. The van der Waals surface area contributed by atoms with Gasteiger partial charge in [0.1, 0.15) is 0 Å².